The van der Waals surface area contributed by atoms with Gasteiger partial charge in [0.15, 0.2) is 5.82 Å². The van der Waals surface area contributed by atoms with E-state index < -0.39 is 5.97 Å². The van der Waals surface area contributed by atoms with Gasteiger partial charge in [-0.05, 0) is 13.3 Å². The highest BCUT2D eigenvalue weighted by Crippen LogP contribution is 2.04. The Bertz CT molecular complexity index is 420. The van der Waals surface area contributed by atoms with Crippen molar-refractivity contribution in [2.75, 3.05) is 12.4 Å². The molecule has 8 heteroatoms. The highest BCUT2D eigenvalue weighted by atomic mass is 35.5. The number of esters is 1. The van der Waals surface area contributed by atoms with Crippen molar-refractivity contribution in [3.8, 4) is 0 Å². The molecule has 0 aliphatic rings. The zero-order chi connectivity index (χ0) is 13.5. The predicted molar refractivity (Wildman–Crippen MR) is 73.0 cm³/mol. The number of halogens is 1. The van der Waals surface area contributed by atoms with E-state index in [4.69, 9.17) is 5.73 Å². The molecule has 0 saturated carbocycles. The lowest BCUT2D eigenvalue weighted by Crippen LogP contribution is -2.19. The van der Waals surface area contributed by atoms with E-state index in [9.17, 15) is 9.59 Å². The third-order valence-electron chi connectivity index (χ3n) is 2.25. The fourth-order valence-corrected chi connectivity index (χ4v) is 1.28. The standard InChI is InChI=1S/C11H18N4O3.ClH/c1-8(12)3-4-10(16)13-9-5-6-15(14-9)7-11(17)18-2;/h5-6,8H,3-4,7,12H2,1-2H3,(H,13,14,16);1H. The van der Waals surface area contributed by atoms with Crippen LogP contribution in [0.5, 0.6) is 0 Å². The first-order valence-electron chi connectivity index (χ1n) is 5.67. The van der Waals surface area contributed by atoms with Gasteiger partial charge in [0.05, 0.1) is 7.11 Å². The van der Waals surface area contributed by atoms with Crippen molar-refractivity contribution in [3.63, 3.8) is 0 Å². The fraction of sp³-hybridized carbons (Fsp3) is 0.545. The molecule has 19 heavy (non-hydrogen) atoms. The van der Waals surface area contributed by atoms with Gasteiger partial charge in [-0.3, -0.25) is 14.3 Å². The van der Waals surface area contributed by atoms with E-state index in [-0.39, 0.29) is 30.9 Å². The maximum absolute atomic E-state index is 11.5. The number of hydrogen-bond acceptors (Lipinski definition) is 5. The Balaban J connectivity index is 0.00000324. The summed E-state index contributed by atoms with van der Waals surface area (Å²) < 4.78 is 5.90. The maximum atomic E-state index is 11.5. The zero-order valence-corrected chi connectivity index (χ0v) is 11.8. The first-order valence-corrected chi connectivity index (χ1v) is 5.67. The topological polar surface area (TPSA) is 99.2 Å². The van der Waals surface area contributed by atoms with Crippen molar-refractivity contribution >= 4 is 30.1 Å². The molecule has 1 atom stereocenters. The van der Waals surface area contributed by atoms with Gasteiger partial charge < -0.3 is 15.8 Å². The number of amides is 1. The highest BCUT2D eigenvalue weighted by molar-refractivity contribution is 5.89. The summed E-state index contributed by atoms with van der Waals surface area (Å²) in [6.45, 7) is 1.87. The van der Waals surface area contributed by atoms with E-state index in [0.29, 0.717) is 18.7 Å². The Morgan fingerprint density at radius 3 is 2.84 bits per heavy atom. The van der Waals surface area contributed by atoms with Gasteiger partial charge in [-0.25, -0.2) is 0 Å². The van der Waals surface area contributed by atoms with Crippen LogP contribution in [0.4, 0.5) is 5.82 Å². The molecule has 1 amide bonds. The first-order chi connectivity index (χ1) is 8.51. The highest BCUT2D eigenvalue weighted by Gasteiger charge is 2.08. The summed E-state index contributed by atoms with van der Waals surface area (Å²) >= 11 is 0. The molecule has 0 saturated heterocycles. The monoisotopic (exact) mass is 290 g/mol. The van der Waals surface area contributed by atoms with E-state index in [1.807, 2.05) is 6.92 Å². The molecular weight excluding hydrogens is 272 g/mol. The molecule has 0 bridgehead atoms. The van der Waals surface area contributed by atoms with Crippen LogP contribution >= 0.6 is 12.4 Å². The lowest BCUT2D eigenvalue weighted by atomic mass is 10.2. The molecule has 1 aromatic heterocycles. The molecule has 0 aliphatic carbocycles. The summed E-state index contributed by atoms with van der Waals surface area (Å²) in [5, 5.41) is 6.65. The SMILES string of the molecule is COC(=O)Cn1ccc(NC(=O)CCC(C)N)n1.Cl. The van der Waals surface area contributed by atoms with Crippen molar-refractivity contribution in [1.29, 1.82) is 0 Å². The van der Waals surface area contributed by atoms with Gasteiger partial charge in [0.1, 0.15) is 6.54 Å². The van der Waals surface area contributed by atoms with Gasteiger partial charge in [-0.2, -0.15) is 5.10 Å². The number of rotatable bonds is 6. The quantitative estimate of drug-likeness (QED) is 0.745. The number of nitrogens with two attached hydrogens (primary N) is 1. The number of carbonyl (C=O) groups is 2. The van der Waals surface area contributed by atoms with Crippen molar-refractivity contribution in [2.45, 2.75) is 32.4 Å². The third-order valence-corrected chi connectivity index (χ3v) is 2.25. The van der Waals surface area contributed by atoms with Crippen LogP contribution in [0.2, 0.25) is 0 Å². The fourth-order valence-electron chi connectivity index (χ4n) is 1.28. The van der Waals surface area contributed by atoms with E-state index in [2.05, 4.69) is 15.2 Å². The normalized spacial score (nSPS) is 11.3. The Morgan fingerprint density at radius 2 is 2.26 bits per heavy atom. The van der Waals surface area contributed by atoms with E-state index in [1.54, 1.807) is 12.3 Å². The third kappa shape index (κ3) is 6.78. The summed E-state index contributed by atoms with van der Waals surface area (Å²) in [6, 6.07) is 1.61. The number of nitrogens with zero attached hydrogens (tertiary/aromatic N) is 2. The Morgan fingerprint density at radius 1 is 1.58 bits per heavy atom. The van der Waals surface area contributed by atoms with Gasteiger partial charge in [0, 0.05) is 24.7 Å². The number of nitrogens with one attached hydrogen (secondary N) is 1. The van der Waals surface area contributed by atoms with Crippen LogP contribution in [-0.4, -0.2) is 34.8 Å². The lowest BCUT2D eigenvalue weighted by Gasteiger charge is -2.04. The maximum Gasteiger partial charge on any atom is 0.327 e. The average molecular weight is 291 g/mol. The number of anilines is 1. The summed E-state index contributed by atoms with van der Waals surface area (Å²) in [5.74, 6) is -0.128. The molecule has 0 aliphatic heterocycles. The van der Waals surface area contributed by atoms with Crippen molar-refractivity contribution in [1.82, 2.24) is 9.78 Å². The summed E-state index contributed by atoms with van der Waals surface area (Å²) in [4.78, 5) is 22.5. The predicted octanol–water partition coefficient (Wildman–Crippen LogP) is 0.544. The number of aromatic nitrogens is 2. The van der Waals surface area contributed by atoms with Crippen LogP contribution in [0.25, 0.3) is 0 Å². The minimum absolute atomic E-state index is 0. The molecule has 7 nitrogen and oxygen atoms in total. The first kappa shape index (κ1) is 17.4. The van der Waals surface area contributed by atoms with Crippen molar-refractivity contribution in [3.05, 3.63) is 12.3 Å². The lowest BCUT2D eigenvalue weighted by molar-refractivity contribution is -0.141. The second kappa shape index (κ2) is 8.49. The molecule has 0 radical (unpaired) electrons. The summed E-state index contributed by atoms with van der Waals surface area (Å²) in [5.41, 5.74) is 5.56. The van der Waals surface area contributed by atoms with Gasteiger partial charge in [-0.1, -0.05) is 0 Å². The number of hydrogen-bond donors (Lipinski definition) is 2. The largest absolute Gasteiger partial charge is 0.468 e. The van der Waals surface area contributed by atoms with E-state index in [1.165, 1.54) is 11.8 Å². The van der Waals surface area contributed by atoms with Crippen molar-refractivity contribution in [2.24, 2.45) is 5.73 Å². The van der Waals surface area contributed by atoms with Crippen LogP contribution in [0.3, 0.4) is 0 Å². The van der Waals surface area contributed by atoms with Gasteiger partial charge in [-0.15, -0.1) is 12.4 Å². The van der Waals surface area contributed by atoms with E-state index in [0.717, 1.165) is 0 Å². The Kier molecular flexibility index (Phi) is 7.78. The molecule has 3 N–H and O–H groups in total. The van der Waals surface area contributed by atoms with Gasteiger partial charge in [0.25, 0.3) is 0 Å². The molecule has 1 aromatic rings. The second-order valence-corrected chi connectivity index (χ2v) is 4.04. The van der Waals surface area contributed by atoms with Gasteiger partial charge >= 0.3 is 5.97 Å². The summed E-state index contributed by atoms with van der Waals surface area (Å²) in [7, 11) is 1.31. The molecule has 108 valence electrons. The summed E-state index contributed by atoms with van der Waals surface area (Å²) in [6.07, 6.45) is 2.56. The molecule has 1 rings (SSSR count). The minimum Gasteiger partial charge on any atom is -0.468 e. The average Bonchev–Trinajstić information content (AvgIpc) is 2.73. The molecule has 0 aromatic carbocycles. The smallest absolute Gasteiger partial charge is 0.327 e. The number of methoxy groups -OCH3 is 1. The molecular formula is C11H19ClN4O3. The Hall–Kier alpha value is -1.60. The van der Waals surface area contributed by atoms with Gasteiger partial charge in [0.2, 0.25) is 5.91 Å². The molecule has 1 heterocycles. The molecule has 0 fully saturated rings. The zero-order valence-electron chi connectivity index (χ0n) is 11.0. The van der Waals surface area contributed by atoms with Crippen LogP contribution < -0.4 is 11.1 Å². The molecule has 1 unspecified atom stereocenters. The van der Waals surface area contributed by atoms with Crippen LogP contribution in [0.1, 0.15) is 19.8 Å². The van der Waals surface area contributed by atoms with Crippen LogP contribution in [0, 0.1) is 0 Å². The Labute approximate surface area is 117 Å². The number of carbonyl (C=O) groups excluding carboxylic acids is 2. The minimum atomic E-state index is -0.395. The van der Waals surface area contributed by atoms with Crippen LogP contribution in [-0.2, 0) is 20.9 Å². The van der Waals surface area contributed by atoms with E-state index >= 15 is 0 Å². The second-order valence-electron chi connectivity index (χ2n) is 4.04. The number of ether oxygens (including phenoxy) is 1. The molecule has 0 spiro atoms. The van der Waals surface area contributed by atoms with Crippen molar-refractivity contribution < 1.29 is 14.3 Å². The van der Waals surface area contributed by atoms with Crippen LogP contribution in [0.15, 0.2) is 12.3 Å².